The highest BCUT2D eigenvalue weighted by Gasteiger charge is 2.18. The summed E-state index contributed by atoms with van der Waals surface area (Å²) in [5.74, 6) is -0.0682. The molecule has 1 aromatic carbocycles. The molecule has 20 heavy (non-hydrogen) atoms. The lowest BCUT2D eigenvalue weighted by molar-refractivity contribution is -0.116. The standard InChI is InChI=1S/C15H20ClN3O/c1-15(2,7-8-17)6-5-14(20)19-12-3-4-13(16)11(9-12)10-18/h3-4,9H,5-8,17H2,1-2H3,(H,19,20). The molecule has 0 saturated carbocycles. The summed E-state index contributed by atoms with van der Waals surface area (Å²) < 4.78 is 0. The zero-order valence-electron chi connectivity index (χ0n) is 11.9. The van der Waals surface area contributed by atoms with Crippen molar-refractivity contribution in [1.82, 2.24) is 0 Å². The Bertz CT molecular complexity index is 520. The van der Waals surface area contributed by atoms with Crippen molar-refractivity contribution in [1.29, 1.82) is 5.26 Å². The van der Waals surface area contributed by atoms with Gasteiger partial charge in [-0.2, -0.15) is 5.26 Å². The Kier molecular flexibility index (Phi) is 6.00. The molecule has 5 heteroatoms. The number of rotatable bonds is 6. The molecule has 0 heterocycles. The van der Waals surface area contributed by atoms with Gasteiger partial charge in [0.15, 0.2) is 0 Å². The van der Waals surface area contributed by atoms with E-state index in [1.165, 1.54) is 0 Å². The van der Waals surface area contributed by atoms with Gasteiger partial charge in [-0.15, -0.1) is 0 Å². The van der Waals surface area contributed by atoms with Crippen LogP contribution in [0, 0.1) is 16.7 Å². The number of amides is 1. The normalized spacial score (nSPS) is 10.9. The minimum Gasteiger partial charge on any atom is -0.330 e. The molecular weight excluding hydrogens is 274 g/mol. The van der Waals surface area contributed by atoms with E-state index in [2.05, 4.69) is 19.2 Å². The number of carbonyl (C=O) groups is 1. The number of nitrogens with one attached hydrogen (secondary N) is 1. The van der Waals surface area contributed by atoms with E-state index < -0.39 is 0 Å². The number of halogens is 1. The van der Waals surface area contributed by atoms with Crippen LogP contribution in [0.2, 0.25) is 5.02 Å². The maximum atomic E-state index is 11.9. The molecule has 0 unspecified atom stereocenters. The first-order chi connectivity index (χ1) is 9.38. The van der Waals surface area contributed by atoms with Crippen LogP contribution in [-0.4, -0.2) is 12.5 Å². The first kappa shape index (κ1) is 16.5. The Hall–Kier alpha value is -1.57. The van der Waals surface area contributed by atoms with E-state index in [0.717, 1.165) is 12.8 Å². The van der Waals surface area contributed by atoms with Gasteiger partial charge in [-0.3, -0.25) is 4.79 Å². The Balaban J connectivity index is 2.57. The molecule has 0 spiro atoms. The van der Waals surface area contributed by atoms with Crippen molar-refractivity contribution in [2.75, 3.05) is 11.9 Å². The molecule has 1 aromatic rings. The average molecular weight is 294 g/mol. The first-order valence-corrected chi connectivity index (χ1v) is 6.95. The largest absolute Gasteiger partial charge is 0.330 e. The van der Waals surface area contributed by atoms with E-state index in [0.29, 0.717) is 29.2 Å². The lowest BCUT2D eigenvalue weighted by Gasteiger charge is -2.23. The third-order valence-electron chi connectivity index (χ3n) is 3.22. The summed E-state index contributed by atoms with van der Waals surface area (Å²) in [6.07, 6.45) is 2.09. The van der Waals surface area contributed by atoms with Crippen LogP contribution in [0.1, 0.15) is 38.7 Å². The van der Waals surface area contributed by atoms with Crippen molar-refractivity contribution in [3.63, 3.8) is 0 Å². The first-order valence-electron chi connectivity index (χ1n) is 6.57. The van der Waals surface area contributed by atoms with Crippen LogP contribution < -0.4 is 11.1 Å². The lowest BCUT2D eigenvalue weighted by atomic mass is 9.84. The van der Waals surface area contributed by atoms with Crippen molar-refractivity contribution < 1.29 is 4.79 Å². The van der Waals surface area contributed by atoms with Crippen LogP contribution >= 0.6 is 11.6 Å². The van der Waals surface area contributed by atoms with Gasteiger partial charge < -0.3 is 11.1 Å². The molecule has 1 amide bonds. The molecule has 0 radical (unpaired) electrons. The van der Waals surface area contributed by atoms with Crippen molar-refractivity contribution in [2.24, 2.45) is 11.1 Å². The zero-order chi connectivity index (χ0) is 15.2. The maximum absolute atomic E-state index is 11.9. The molecule has 0 bridgehead atoms. The number of nitrogens with two attached hydrogens (primary N) is 1. The average Bonchev–Trinajstić information content (AvgIpc) is 2.39. The summed E-state index contributed by atoms with van der Waals surface area (Å²) >= 11 is 5.84. The molecule has 0 saturated heterocycles. The Labute approximate surface area is 124 Å². The van der Waals surface area contributed by atoms with Gasteiger partial charge in [-0.05, 0) is 43.0 Å². The second-order valence-electron chi connectivity index (χ2n) is 5.56. The van der Waals surface area contributed by atoms with E-state index in [1.54, 1.807) is 18.2 Å². The lowest BCUT2D eigenvalue weighted by Crippen LogP contribution is -2.20. The molecule has 1 rings (SSSR count). The summed E-state index contributed by atoms with van der Waals surface area (Å²) in [7, 11) is 0. The van der Waals surface area contributed by atoms with Crippen LogP contribution in [0.15, 0.2) is 18.2 Å². The zero-order valence-corrected chi connectivity index (χ0v) is 12.6. The minimum absolute atomic E-state index is 0.0594. The summed E-state index contributed by atoms with van der Waals surface area (Å²) in [5.41, 5.74) is 6.55. The molecule has 0 aliphatic rings. The van der Waals surface area contributed by atoms with Crippen LogP contribution in [0.4, 0.5) is 5.69 Å². The van der Waals surface area contributed by atoms with E-state index in [-0.39, 0.29) is 11.3 Å². The highest BCUT2D eigenvalue weighted by Crippen LogP contribution is 2.26. The number of hydrogen-bond acceptors (Lipinski definition) is 3. The Morgan fingerprint density at radius 1 is 1.45 bits per heavy atom. The summed E-state index contributed by atoms with van der Waals surface area (Å²) in [6, 6.07) is 6.85. The second kappa shape index (κ2) is 7.28. The fraction of sp³-hybridized carbons (Fsp3) is 0.467. The van der Waals surface area contributed by atoms with Crippen molar-refractivity contribution in [3.8, 4) is 6.07 Å². The van der Waals surface area contributed by atoms with Crippen LogP contribution in [0.25, 0.3) is 0 Å². The van der Waals surface area contributed by atoms with E-state index in [4.69, 9.17) is 22.6 Å². The highest BCUT2D eigenvalue weighted by molar-refractivity contribution is 6.31. The predicted molar refractivity (Wildman–Crippen MR) is 81.5 cm³/mol. The van der Waals surface area contributed by atoms with Gasteiger partial charge in [0.1, 0.15) is 6.07 Å². The van der Waals surface area contributed by atoms with Crippen LogP contribution in [0.3, 0.4) is 0 Å². The van der Waals surface area contributed by atoms with Crippen molar-refractivity contribution >= 4 is 23.2 Å². The Morgan fingerprint density at radius 2 is 2.15 bits per heavy atom. The monoisotopic (exact) mass is 293 g/mol. The summed E-state index contributed by atoms with van der Waals surface area (Å²) in [5, 5.41) is 12.0. The number of carbonyl (C=O) groups excluding carboxylic acids is 1. The van der Waals surface area contributed by atoms with Gasteiger partial charge in [0.05, 0.1) is 10.6 Å². The Morgan fingerprint density at radius 3 is 2.75 bits per heavy atom. The van der Waals surface area contributed by atoms with E-state index in [9.17, 15) is 4.79 Å². The molecular formula is C15H20ClN3O. The van der Waals surface area contributed by atoms with Crippen LogP contribution in [0.5, 0.6) is 0 Å². The van der Waals surface area contributed by atoms with E-state index >= 15 is 0 Å². The maximum Gasteiger partial charge on any atom is 0.224 e. The topological polar surface area (TPSA) is 78.9 Å². The molecule has 108 valence electrons. The number of nitrogens with zero attached hydrogens (tertiary/aromatic N) is 1. The molecule has 3 N–H and O–H groups in total. The number of hydrogen-bond donors (Lipinski definition) is 2. The third kappa shape index (κ3) is 5.20. The van der Waals surface area contributed by atoms with Crippen molar-refractivity contribution in [3.05, 3.63) is 28.8 Å². The molecule has 0 aliphatic carbocycles. The molecule has 0 aliphatic heterocycles. The number of benzene rings is 1. The van der Waals surface area contributed by atoms with Gasteiger partial charge in [0.25, 0.3) is 0 Å². The highest BCUT2D eigenvalue weighted by atomic mass is 35.5. The second-order valence-corrected chi connectivity index (χ2v) is 5.96. The van der Waals surface area contributed by atoms with E-state index in [1.807, 2.05) is 6.07 Å². The fourth-order valence-corrected chi connectivity index (χ4v) is 2.04. The third-order valence-corrected chi connectivity index (χ3v) is 3.55. The summed E-state index contributed by atoms with van der Waals surface area (Å²) in [4.78, 5) is 11.9. The van der Waals surface area contributed by atoms with Crippen LogP contribution in [-0.2, 0) is 4.79 Å². The minimum atomic E-state index is -0.0682. The van der Waals surface area contributed by atoms with Gasteiger partial charge in [0, 0.05) is 12.1 Å². The SMILES string of the molecule is CC(C)(CCN)CCC(=O)Nc1ccc(Cl)c(C#N)c1. The molecule has 0 atom stereocenters. The predicted octanol–water partition coefficient (Wildman–Crippen LogP) is 3.31. The van der Waals surface area contributed by atoms with Gasteiger partial charge in [0.2, 0.25) is 5.91 Å². The smallest absolute Gasteiger partial charge is 0.224 e. The van der Waals surface area contributed by atoms with Gasteiger partial charge >= 0.3 is 0 Å². The molecule has 4 nitrogen and oxygen atoms in total. The van der Waals surface area contributed by atoms with Crippen molar-refractivity contribution in [2.45, 2.75) is 33.1 Å². The van der Waals surface area contributed by atoms with Gasteiger partial charge in [-0.25, -0.2) is 0 Å². The summed E-state index contributed by atoms with van der Waals surface area (Å²) in [6.45, 7) is 4.82. The van der Waals surface area contributed by atoms with Gasteiger partial charge in [-0.1, -0.05) is 25.4 Å². The number of nitriles is 1. The fourth-order valence-electron chi connectivity index (χ4n) is 1.88. The number of anilines is 1. The quantitative estimate of drug-likeness (QED) is 0.844. The molecule has 0 fully saturated rings. The molecule has 0 aromatic heterocycles.